The molecule has 76 valence electrons. The van der Waals surface area contributed by atoms with E-state index in [2.05, 4.69) is 9.44 Å². The van der Waals surface area contributed by atoms with Gasteiger partial charge in [0.1, 0.15) is 12.1 Å². The third-order valence-corrected chi connectivity index (χ3v) is 2.16. The number of aliphatic carboxylic acids is 2. The molecule has 0 heterocycles. The van der Waals surface area contributed by atoms with E-state index < -0.39 is 24.0 Å². The standard InChI is InChI=1S/C6H12N2O4S/c1-3(5(9)10)7-13-8-4(2)6(11)12/h3-4,7-8H,1-2H3,(H,9,10)(H,11,12)/t3-,4-/m0/s1. The molecule has 0 aliphatic rings. The van der Waals surface area contributed by atoms with E-state index in [1.807, 2.05) is 0 Å². The number of rotatable bonds is 6. The first-order chi connectivity index (χ1) is 5.95. The largest absolute Gasteiger partial charge is 0.480 e. The number of nitrogens with one attached hydrogen (secondary N) is 2. The lowest BCUT2D eigenvalue weighted by Gasteiger charge is -2.10. The van der Waals surface area contributed by atoms with Crippen molar-refractivity contribution in [3.05, 3.63) is 0 Å². The molecule has 0 aliphatic heterocycles. The van der Waals surface area contributed by atoms with Crippen LogP contribution in [0.1, 0.15) is 13.8 Å². The van der Waals surface area contributed by atoms with Crippen molar-refractivity contribution in [1.29, 1.82) is 0 Å². The molecule has 0 saturated carbocycles. The van der Waals surface area contributed by atoms with E-state index in [4.69, 9.17) is 10.2 Å². The lowest BCUT2D eigenvalue weighted by atomic mass is 10.4. The SMILES string of the molecule is C[C@H](NSN[C@@H](C)C(=O)O)C(=O)O. The summed E-state index contributed by atoms with van der Waals surface area (Å²) in [6.07, 6.45) is 0. The molecule has 0 rings (SSSR count). The van der Waals surface area contributed by atoms with Crippen LogP contribution in [0.3, 0.4) is 0 Å². The fourth-order valence-corrected chi connectivity index (χ4v) is 0.935. The second-order valence-corrected chi connectivity index (χ2v) is 3.13. The Kier molecular flexibility index (Phi) is 5.44. The van der Waals surface area contributed by atoms with E-state index in [1.165, 1.54) is 13.8 Å². The molecule has 0 unspecified atom stereocenters. The van der Waals surface area contributed by atoms with Crippen LogP contribution in [-0.2, 0) is 9.59 Å². The molecular weight excluding hydrogens is 196 g/mol. The first kappa shape index (κ1) is 12.2. The molecule has 4 N–H and O–H groups in total. The lowest BCUT2D eigenvalue weighted by Crippen LogP contribution is -2.36. The number of hydrogen-bond acceptors (Lipinski definition) is 5. The van der Waals surface area contributed by atoms with Crippen LogP contribution in [0.5, 0.6) is 0 Å². The second-order valence-electron chi connectivity index (χ2n) is 2.46. The molecule has 0 aromatic rings. The Morgan fingerprint density at radius 2 is 1.38 bits per heavy atom. The van der Waals surface area contributed by atoms with Crippen molar-refractivity contribution in [3.63, 3.8) is 0 Å². The van der Waals surface area contributed by atoms with Gasteiger partial charge in [-0.05, 0) is 13.8 Å². The van der Waals surface area contributed by atoms with Gasteiger partial charge in [0.05, 0.1) is 0 Å². The van der Waals surface area contributed by atoms with Crippen LogP contribution in [-0.4, -0.2) is 34.2 Å². The Labute approximate surface area is 80.0 Å². The Hall–Kier alpha value is -0.790. The van der Waals surface area contributed by atoms with Gasteiger partial charge in [-0.1, -0.05) is 0 Å². The second kappa shape index (κ2) is 5.79. The Bertz CT molecular complexity index is 179. The number of hydrogen-bond donors (Lipinski definition) is 4. The number of carboxylic acids is 2. The highest BCUT2D eigenvalue weighted by atomic mass is 32.2. The van der Waals surface area contributed by atoms with Crippen molar-refractivity contribution in [2.24, 2.45) is 0 Å². The molecule has 7 heteroatoms. The average molecular weight is 208 g/mol. The van der Waals surface area contributed by atoms with Crippen LogP contribution in [0.2, 0.25) is 0 Å². The van der Waals surface area contributed by atoms with E-state index in [1.54, 1.807) is 0 Å². The number of carbonyl (C=O) groups is 2. The summed E-state index contributed by atoms with van der Waals surface area (Å²) < 4.78 is 5.02. The molecular formula is C6H12N2O4S. The molecule has 0 aliphatic carbocycles. The van der Waals surface area contributed by atoms with Crippen LogP contribution >= 0.6 is 12.1 Å². The van der Waals surface area contributed by atoms with Gasteiger partial charge in [0, 0.05) is 12.1 Å². The van der Waals surface area contributed by atoms with Crippen molar-refractivity contribution in [2.75, 3.05) is 0 Å². The Morgan fingerprint density at radius 1 is 1.08 bits per heavy atom. The lowest BCUT2D eigenvalue weighted by molar-refractivity contribution is -0.139. The van der Waals surface area contributed by atoms with Gasteiger partial charge in [0.15, 0.2) is 0 Å². The minimum atomic E-state index is -0.989. The summed E-state index contributed by atoms with van der Waals surface area (Å²) in [4.78, 5) is 20.6. The zero-order chi connectivity index (χ0) is 10.4. The van der Waals surface area contributed by atoms with Gasteiger partial charge < -0.3 is 10.2 Å². The summed E-state index contributed by atoms with van der Waals surface area (Å²) >= 11 is 0.864. The van der Waals surface area contributed by atoms with Gasteiger partial charge in [-0.25, -0.2) is 9.44 Å². The molecule has 0 radical (unpaired) electrons. The first-order valence-corrected chi connectivity index (χ1v) is 4.39. The third kappa shape index (κ3) is 5.45. The van der Waals surface area contributed by atoms with Gasteiger partial charge in [0.2, 0.25) is 0 Å². The summed E-state index contributed by atoms with van der Waals surface area (Å²) in [5.41, 5.74) is 0. The minimum absolute atomic E-state index is 0.724. The fourth-order valence-electron chi connectivity index (χ4n) is 0.312. The first-order valence-electron chi connectivity index (χ1n) is 3.57. The summed E-state index contributed by atoms with van der Waals surface area (Å²) in [5, 5.41) is 16.9. The van der Waals surface area contributed by atoms with Crippen molar-refractivity contribution >= 4 is 24.1 Å². The van der Waals surface area contributed by atoms with E-state index in [-0.39, 0.29) is 0 Å². The maximum atomic E-state index is 10.3. The van der Waals surface area contributed by atoms with Gasteiger partial charge >= 0.3 is 11.9 Å². The molecule has 0 amide bonds. The van der Waals surface area contributed by atoms with Gasteiger partial charge in [-0.15, -0.1) is 0 Å². The van der Waals surface area contributed by atoms with E-state index >= 15 is 0 Å². The summed E-state index contributed by atoms with van der Waals surface area (Å²) in [6.45, 7) is 2.92. The molecule has 2 atom stereocenters. The molecule has 6 nitrogen and oxygen atoms in total. The smallest absolute Gasteiger partial charge is 0.321 e. The fraction of sp³-hybridized carbons (Fsp3) is 0.667. The molecule has 0 bridgehead atoms. The number of carboxylic acid groups (broad SMARTS) is 2. The summed E-state index contributed by atoms with van der Waals surface area (Å²) in [5.74, 6) is -1.98. The summed E-state index contributed by atoms with van der Waals surface area (Å²) in [7, 11) is 0. The predicted molar refractivity (Wildman–Crippen MR) is 48.1 cm³/mol. The Balaban J connectivity index is 3.56. The van der Waals surface area contributed by atoms with Gasteiger partial charge in [-0.3, -0.25) is 9.59 Å². The van der Waals surface area contributed by atoms with Crippen molar-refractivity contribution in [3.8, 4) is 0 Å². The van der Waals surface area contributed by atoms with Gasteiger partial charge in [0.25, 0.3) is 0 Å². The van der Waals surface area contributed by atoms with E-state index in [9.17, 15) is 9.59 Å². The molecule has 0 saturated heterocycles. The normalized spacial score (nSPS) is 14.9. The quantitative estimate of drug-likeness (QED) is 0.444. The molecule has 0 fully saturated rings. The topological polar surface area (TPSA) is 98.7 Å². The minimum Gasteiger partial charge on any atom is -0.480 e. The highest BCUT2D eigenvalue weighted by molar-refractivity contribution is 7.95. The molecule has 0 aromatic carbocycles. The average Bonchev–Trinajstić information content (AvgIpc) is 2.03. The van der Waals surface area contributed by atoms with Crippen LogP contribution < -0.4 is 9.44 Å². The monoisotopic (exact) mass is 208 g/mol. The highest BCUT2D eigenvalue weighted by Gasteiger charge is 2.13. The van der Waals surface area contributed by atoms with Crippen LogP contribution in [0.4, 0.5) is 0 Å². The predicted octanol–water partition coefficient (Wildman–Crippen LogP) is -0.325. The molecule has 0 aromatic heterocycles. The van der Waals surface area contributed by atoms with E-state index in [0.717, 1.165) is 12.1 Å². The van der Waals surface area contributed by atoms with Crippen molar-refractivity contribution < 1.29 is 19.8 Å². The zero-order valence-electron chi connectivity index (χ0n) is 7.27. The maximum Gasteiger partial charge on any atom is 0.321 e. The van der Waals surface area contributed by atoms with Crippen LogP contribution in [0.25, 0.3) is 0 Å². The summed E-state index contributed by atoms with van der Waals surface area (Å²) in [6, 6.07) is -1.45. The van der Waals surface area contributed by atoms with Crippen LogP contribution in [0, 0.1) is 0 Å². The van der Waals surface area contributed by atoms with Crippen molar-refractivity contribution in [2.45, 2.75) is 25.9 Å². The van der Waals surface area contributed by atoms with Gasteiger partial charge in [-0.2, -0.15) is 0 Å². The molecule has 13 heavy (non-hydrogen) atoms. The van der Waals surface area contributed by atoms with E-state index in [0.29, 0.717) is 0 Å². The maximum absolute atomic E-state index is 10.3. The zero-order valence-corrected chi connectivity index (χ0v) is 8.09. The van der Waals surface area contributed by atoms with Crippen LogP contribution in [0.15, 0.2) is 0 Å². The van der Waals surface area contributed by atoms with Crippen molar-refractivity contribution in [1.82, 2.24) is 9.44 Å². The highest BCUT2D eigenvalue weighted by Crippen LogP contribution is 1.94. The molecule has 0 spiro atoms. The Morgan fingerprint density at radius 3 is 1.62 bits per heavy atom. The third-order valence-electron chi connectivity index (χ3n) is 1.21.